The van der Waals surface area contributed by atoms with Crippen LogP contribution in [0.5, 0.6) is 0 Å². The van der Waals surface area contributed by atoms with Crippen LogP contribution in [0, 0.1) is 6.92 Å². The van der Waals surface area contributed by atoms with E-state index < -0.39 is 28.5 Å². The number of nitrogens with one attached hydrogen (secondary N) is 1. The van der Waals surface area contributed by atoms with E-state index in [0.717, 1.165) is 26.3 Å². The Morgan fingerprint density at radius 2 is 1.71 bits per heavy atom. The second-order valence-corrected chi connectivity index (χ2v) is 12.1. The van der Waals surface area contributed by atoms with Crippen molar-refractivity contribution in [2.45, 2.75) is 44.7 Å². The van der Waals surface area contributed by atoms with Gasteiger partial charge >= 0.3 is 0 Å². The monoisotopic (exact) mass is 619 g/mol. The Kier molecular flexibility index (Phi) is 10.4. The van der Waals surface area contributed by atoms with Crippen molar-refractivity contribution in [3.05, 3.63) is 93.4 Å². The molecule has 0 saturated carbocycles. The van der Waals surface area contributed by atoms with Crippen molar-refractivity contribution in [3.8, 4) is 0 Å². The van der Waals surface area contributed by atoms with Crippen LogP contribution in [0.15, 0.2) is 82.2 Å². The maximum absolute atomic E-state index is 13.8. The maximum atomic E-state index is 13.8. The Balaban J connectivity index is 2.02. The summed E-state index contributed by atoms with van der Waals surface area (Å²) in [5.74, 6) is -0.842. The Morgan fingerprint density at radius 1 is 1.03 bits per heavy atom. The highest BCUT2D eigenvalue weighted by Crippen LogP contribution is 2.27. The van der Waals surface area contributed by atoms with Crippen LogP contribution in [0.25, 0.3) is 0 Å². The van der Waals surface area contributed by atoms with Gasteiger partial charge in [-0.1, -0.05) is 70.3 Å². The van der Waals surface area contributed by atoms with Crippen molar-refractivity contribution in [1.29, 1.82) is 0 Å². The number of carbonyl (C=O) groups excluding carboxylic acids is 2. The van der Waals surface area contributed by atoms with Crippen LogP contribution < -0.4 is 9.62 Å². The van der Waals surface area contributed by atoms with E-state index in [1.165, 1.54) is 23.1 Å². The number of hydrogen-bond acceptors (Lipinski definition) is 4. The molecule has 1 N–H and O–H groups in total. The molecule has 7 nitrogen and oxygen atoms in total. The van der Waals surface area contributed by atoms with Gasteiger partial charge in [0, 0.05) is 22.6 Å². The zero-order valence-electron chi connectivity index (χ0n) is 21.5. The first-order chi connectivity index (χ1) is 18.0. The molecule has 10 heteroatoms. The second-order valence-electron chi connectivity index (χ2n) is 8.92. The summed E-state index contributed by atoms with van der Waals surface area (Å²) in [7, 11) is -4.14. The highest BCUT2D eigenvalue weighted by atomic mass is 79.9. The van der Waals surface area contributed by atoms with Gasteiger partial charge in [-0.3, -0.25) is 13.9 Å². The number of carbonyl (C=O) groups is 2. The number of hydrogen-bond donors (Lipinski definition) is 1. The highest BCUT2D eigenvalue weighted by molar-refractivity contribution is 9.10. The number of benzene rings is 3. The van der Waals surface area contributed by atoms with Gasteiger partial charge in [-0.2, -0.15) is 0 Å². The summed E-state index contributed by atoms with van der Waals surface area (Å²) in [4.78, 5) is 28.2. The lowest BCUT2D eigenvalue weighted by molar-refractivity contribution is -0.139. The normalized spacial score (nSPS) is 12.0. The quantitative estimate of drug-likeness (QED) is 0.305. The first-order valence-electron chi connectivity index (χ1n) is 12.2. The first-order valence-corrected chi connectivity index (χ1v) is 14.8. The highest BCUT2D eigenvalue weighted by Gasteiger charge is 2.32. The fourth-order valence-electron chi connectivity index (χ4n) is 3.81. The number of amides is 2. The summed E-state index contributed by atoms with van der Waals surface area (Å²) in [5.41, 5.74) is 1.94. The average molecular weight is 621 g/mol. The van der Waals surface area contributed by atoms with E-state index >= 15 is 0 Å². The molecule has 0 aliphatic heterocycles. The molecule has 3 aromatic carbocycles. The van der Waals surface area contributed by atoms with Gasteiger partial charge < -0.3 is 10.2 Å². The molecule has 0 radical (unpaired) electrons. The van der Waals surface area contributed by atoms with Gasteiger partial charge in [-0.15, -0.1) is 0 Å². The maximum Gasteiger partial charge on any atom is 0.264 e. The molecule has 0 saturated heterocycles. The smallest absolute Gasteiger partial charge is 0.264 e. The van der Waals surface area contributed by atoms with Gasteiger partial charge in [0.15, 0.2) is 0 Å². The molecule has 0 aliphatic carbocycles. The molecule has 3 rings (SSSR count). The van der Waals surface area contributed by atoms with Crippen molar-refractivity contribution in [3.63, 3.8) is 0 Å². The van der Waals surface area contributed by atoms with Crippen molar-refractivity contribution in [1.82, 2.24) is 10.2 Å². The molecule has 3 aromatic rings. The van der Waals surface area contributed by atoms with Crippen LogP contribution in [0.4, 0.5) is 5.69 Å². The largest absolute Gasteiger partial charge is 0.354 e. The summed E-state index contributed by atoms with van der Waals surface area (Å²) in [6.07, 6.45) is 0.745. The van der Waals surface area contributed by atoms with Crippen LogP contribution in [0.3, 0.4) is 0 Å². The number of nitrogens with zero attached hydrogens (tertiary/aromatic N) is 2. The minimum Gasteiger partial charge on any atom is -0.354 e. The predicted molar refractivity (Wildman–Crippen MR) is 155 cm³/mol. The van der Waals surface area contributed by atoms with Gasteiger partial charge in [0.25, 0.3) is 10.0 Å². The molecule has 38 heavy (non-hydrogen) atoms. The molecule has 0 bridgehead atoms. The zero-order valence-corrected chi connectivity index (χ0v) is 24.7. The van der Waals surface area contributed by atoms with Gasteiger partial charge in [-0.05, 0) is 68.3 Å². The average Bonchev–Trinajstić information content (AvgIpc) is 2.88. The fraction of sp³-hybridized carbons (Fsp3) is 0.286. The number of sulfonamides is 1. The van der Waals surface area contributed by atoms with E-state index in [0.29, 0.717) is 11.6 Å². The van der Waals surface area contributed by atoms with Crippen LogP contribution in [0.1, 0.15) is 31.4 Å². The van der Waals surface area contributed by atoms with Crippen LogP contribution in [-0.2, 0) is 26.2 Å². The van der Waals surface area contributed by atoms with E-state index in [9.17, 15) is 18.0 Å². The Morgan fingerprint density at radius 3 is 2.34 bits per heavy atom. The van der Waals surface area contributed by atoms with Gasteiger partial charge in [0.05, 0.1) is 10.6 Å². The third-order valence-electron chi connectivity index (χ3n) is 5.94. The lowest BCUT2D eigenvalue weighted by atomic mass is 10.1. The van der Waals surface area contributed by atoms with Crippen molar-refractivity contribution < 1.29 is 18.0 Å². The zero-order chi connectivity index (χ0) is 27.9. The predicted octanol–water partition coefficient (Wildman–Crippen LogP) is 5.55. The molecule has 0 fully saturated rings. The first kappa shape index (κ1) is 29.7. The molecule has 202 valence electrons. The third kappa shape index (κ3) is 7.58. The SMILES string of the molecule is CCCNC(=O)C(C)N(Cc1cccc(Br)c1)C(=O)CN(c1cccc(Cl)c1)S(=O)(=O)c1ccc(C)cc1. The summed E-state index contributed by atoms with van der Waals surface area (Å²) < 4.78 is 29.4. The van der Waals surface area contributed by atoms with Crippen molar-refractivity contribution in [2.75, 3.05) is 17.4 Å². The van der Waals surface area contributed by atoms with E-state index in [-0.39, 0.29) is 23.0 Å². The third-order valence-corrected chi connectivity index (χ3v) is 8.46. The molecular weight excluding hydrogens is 590 g/mol. The molecule has 0 aromatic heterocycles. The van der Waals surface area contributed by atoms with Crippen LogP contribution in [0.2, 0.25) is 5.02 Å². The number of aryl methyl sites for hydroxylation is 1. The van der Waals surface area contributed by atoms with E-state index in [4.69, 9.17) is 11.6 Å². The molecular formula is C28H31BrClN3O4S. The summed E-state index contributed by atoms with van der Waals surface area (Å²) >= 11 is 9.63. The number of rotatable bonds is 11. The van der Waals surface area contributed by atoms with Crippen molar-refractivity contribution in [2.24, 2.45) is 0 Å². The van der Waals surface area contributed by atoms with Gasteiger partial charge in [0.1, 0.15) is 12.6 Å². The Hall–Kier alpha value is -2.88. The van der Waals surface area contributed by atoms with Gasteiger partial charge in [0.2, 0.25) is 11.8 Å². The number of halogens is 2. The molecule has 0 heterocycles. The van der Waals surface area contributed by atoms with Gasteiger partial charge in [-0.25, -0.2) is 8.42 Å². The summed E-state index contributed by atoms with van der Waals surface area (Å²) in [6.45, 7) is 5.51. The van der Waals surface area contributed by atoms with Crippen molar-refractivity contribution >= 4 is 55.1 Å². The topological polar surface area (TPSA) is 86.8 Å². The Bertz CT molecular complexity index is 1380. The molecule has 1 unspecified atom stereocenters. The van der Waals surface area contributed by atoms with E-state index in [2.05, 4.69) is 21.2 Å². The lowest BCUT2D eigenvalue weighted by Crippen LogP contribution is -2.51. The second kappa shape index (κ2) is 13.3. The van der Waals surface area contributed by atoms with Crippen LogP contribution >= 0.6 is 27.5 Å². The fourth-order valence-corrected chi connectivity index (χ4v) is 5.85. The lowest BCUT2D eigenvalue weighted by Gasteiger charge is -2.32. The molecule has 0 aliphatic rings. The molecule has 0 spiro atoms. The van der Waals surface area contributed by atoms with E-state index in [1.807, 2.05) is 38.1 Å². The minimum atomic E-state index is -4.14. The molecule has 2 amide bonds. The van der Waals surface area contributed by atoms with Crippen LogP contribution in [-0.4, -0.2) is 44.3 Å². The summed E-state index contributed by atoms with van der Waals surface area (Å²) in [6, 6.07) is 19.3. The standard InChI is InChI=1S/C28H31BrClN3O4S/c1-4-15-31-28(35)21(3)32(18-22-7-5-8-23(29)16-22)27(34)19-33(25-10-6-9-24(30)17-25)38(36,37)26-13-11-20(2)12-14-26/h5-14,16-17,21H,4,15,18-19H2,1-3H3,(H,31,35). The minimum absolute atomic E-state index is 0.0446. The Labute approximate surface area is 238 Å². The molecule has 1 atom stereocenters. The number of anilines is 1. The van der Waals surface area contributed by atoms with E-state index in [1.54, 1.807) is 37.3 Å². The summed E-state index contributed by atoms with van der Waals surface area (Å²) in [5, 5.41) is 3.16.